The molecule has 0 radical (unpaired) electrons. The van der Waals surface area contributed by atoms with Gasteiger partial charge in [-0.25, -0.2) is 0 Å². The first-order valence-corrected chi connectivity index (χ1v) is 6.96. The van der Waals surface area contributed by atoms with Crippen LogP contribution < -0.4 is 15.8 Å². The van der Waals surface area contributed by atoms with E-state index in [9.17, 15) is 9.59 Å². The predicted octanol–water partition coefficient (Wildman–Crippen LogP) is 2.26. The summed E-state index contributed by atoms with van der Waals surface area (Å²) in [6, 6.07) is 14.3. The van der Waals surface area contributed by atoms with Crippen molar-refractivity contribution in [3.8, 4) is 5.75 Å². The normalized spacial score (nSPS) is 10.5. The van der Waals surface area contributed by atoms with Crippen LogP contribution in [0.1, 0.15) is 12.5 Å². The summed E-state index contributed by atoms with van der Waals surface area (Å²) < 4.78 is 5.34. The number of carbonyl (C=O) groups is 2. The maximum absolute atomic E-state index is 11.0. The molecule has 118 valence electrons. The number of para-hydroxylation sites is 1. The smallest absolute Gasteiger partial charge is 0.255 e. The lowest BCUT2D eigenvalue weighted by atomic mass is 10.2. The van der Waals surface area contributed by atoms with E-state index in [4.69, 9.17) is 10.5 Å². The Morgan fingerprint density at radius 2 is 1.87 bits per heavy atom. The number of amides is 2. The van der Waals surface area contributed by atoms with E-state index in [2.05, 4.69) is 10.3 Å². The molecule has 0 aromatic heterocycles. The van der Waals surface area contributed by atoms with Crippen LogP contribution in [-0.2, 0) is 9.59 Å². The summed E-state index contributed by atoms with van der Waals surface area (Å²) in [4.78, 5) is 26.1. The molecule has 0 heterocycles. The number of anilines is 1. The molecule has 0 unspecified atom stereocenters. The maximum atomic E-state index is 11.0. The van der Waals surface area contributed by atoms with Crippen LogP contribution in [0.3, 0.4) is 0 Å². The van der Waals surface area contributed by atoms with Crippen LogP contribution in [-0.4, -0.2) is 24.6 Å². The van der Waals surface area contributed by atoms with Crippen molar-refractivity contribution in [2.45, 2.75) is 6.92 Å². The van der Waals surface area contributed by atoms with Gasteiger partial charge in [-0.1, -0.05) is 12.1 Å². The van der Waals surface area contributed by atoms with Crippen LogP contribution in [0.25, 0.3) is 0 Å². The molecule has 0 aliphatic heterocycles. The van der Waals surface area contributed by atoms with Gasteiger partial charge in [-0.2, -0.15) is 0 Å². The van der Waals surface area contributed by atoms with Gasteiger partial charge in [0.1, 0.15) is 5.75 Å². The van der Waals surface area contributed by atoms with Crippen molar-refractivity contribution in [1.29, 1.82) is 0 Å². The molecule has 2 aromatic rings. The second-order valence-corrected chi connectivity index (χ2v) is 4.78. The SMILES string of the molecule is CC(=O)Nc1ccc(N=Cc2ccccc2OCC(N)=O)cc1. The Balaban J connectivity index is 2.10. The molecule has 2 rings (SSSR count). The molecule has 0 fully saturated rings. The van der Waals surface area contributed by atoms with Crippen molar-refractivity contribution in [1.82, 2.24) is 0 Å². The van der Waals surface area contributed by atoms with Gasteiger partial charge in [0.25, 0.3) is 5.91 Å². The summed E-state index contributed by atoms with van der Waals surface area (Å²) >= 11 is 0. The first kappa shape index (κ1) is 16.2. The number of aliphatic imine (C=N–C) groups is 1. The van der Waals surface area contributed by atoms with Crippen LogP contribution in [0.5, 0.6) is 5.75 Å². The molecule has 0 saturated heterocycles. The fourth-order valence-corrected chi connectivity index (χ4v) is 1.85. The zero-order chi connectivity index (χ0) is 16.7. The number of primary amides is 1. The van der Waals surface area contributed by atoms with E-state index in [0.717, 1.165) is 11.3 Å². The lowest BCUT2D eigenvalue weighted by molar-refractivity contribution is -0.120. The molecule has 23 heavy (non-hydrogen) atoms. The van der Waals surface area contributed by atoms with Gasteiger partial charge in [-0.15, -0.1) is 0 Å². The summed E-state index contributed by atoms with van der Waals surface area (Å²) in [6.45, 7) is 1.27. The summed E-state index contributed by atoms with van der Waals surface area (Å²) in [6.07, 6.45) is 1.64. The fourth-order valence-electron chi connectivity index (χ4n) is 1.85. The summed E-state index contributed by atoms with van der Waals surface area (Å²) in [5.74, 6) is -0.128. The van der Waals surface area contributed by atoms with Gasteiger partial charge in [0.2, 0.25) is 5.91 Å². The molecule has 3 N–H and O–H groups in total. The van der Waals surface area contributed by atoms with Crippen molar-refractivity contribution >= 4 is 29.4 Å². The number of hydrogen-bond acceptors (Lipinski definition) is 4. The molecule has 2 aromatic carbocycles. The van der Waals surface area contributed by atoms with E-state index in [0.29, 0.717) is 11.4 Å². The number of nitrogens with zero attached hydrogens (tertiary/aromatic N) is 1. The quantitative estimate of drug-likeness (QED) is 0.801. The van der Waals surface area contributed by atoms with Crippen molar-refractivity contribution in [2.75, 3.05) is 11.9 Å². The standard InChI is InChI=1S/C17H17N3O3/c1-12(21)20-15-8-6-14(7-9-15)19-10-13-4-2-3-5-16(13)23-11-17(18)22/h2-10H,11H2,1H3,(H2,18,22)(H,20,21). The number of rotatable bonds is 6. The van der Waals surface area contributed by atoms with Gasteiger partial charge in [0, 0.05) is 24.4 Å². The van der Waals surface area contributed by atoms with Crippen molar-refractivity contribution in [2.24, 2.45) is 10.7 Å². The lowest BCUT2D eigenvalue weighted by Gasteiger charge is -2.06. The largest absolute Gasteiger partial charge is 0.483 e. The molecule has 2 amide bonds. The number of nitrogens with one attached hydrogen (secondary N) is 1. The highest BCUT2D eigenvalue weighted by molar-refractivity contribution is 5.89. The average Bonchev–Trinajstić information content (AvgIpc) is 2.52. The van der Waals surface area contributed by atoms with Gasteiger partial charge in [-0.05, 0) is 36.4 Å². The van der Waals surface area contributed by atoms with Gasteiger partial charge >= 0.3 is 0 Å². The Morgan fingerprint density at radius 1 is 1.17 bits per heavy atom. The number of ether oxygens (including phenoxy) is 1. The Hall–Kier alpha value is -3.15. The molecular weight excluding hydrogens is 294 g/mol. The highest BCUT2D eigenvalue weighted by atomic mass is 16.5. The molecule has 0 spiro atoms. The van der Waals surface area contributed by atoms with E-state index < -0.39 is 5.91 Å². The van der Waals surface area contributed by atoms with E-state index in [-0.39, 0.29) is 12.5 Å². The third-order valence-corrected chi connectivity index (χ3v) is 2.83. The maximum Gasteiger partial charge on any atom is 0.255 e. The Morgan fingerprint density at radius 3 is 2.52 bits per heavy atom. The third-order valence-electron chi connectivity index (χ3n) is 2.83. The lowest BCUT2D eigenvalue weighted by Crippen LogP contribution is -2.20. The van der Waals surface area contributed by atoms with Crippen LogP contribution in [0.4, 0.5) is 11.4 Å². The van der Waals surface area contributed by atoms with E-state index in [1.54, 1.807) is 42.6 Å². The molecule has 6 heteroatoms. The van der Waals surface area contributed by atoms with E-state index >= 15 is 0 Å². The Kier molecular flexibility index (Phi) is 5.46. The van der Waals surface area contributed by atoms with Crippen LogP contribution in [0.2, 0.25) is 0 Å². The van der Waals surface area contributed by atoms with Crippen molar-refractivity contribution < 1.29 is 14.3 Å². The zero-order valence-electron chi connectivity index (χ0n) is 12.7. The minimum absolute atomic E-state index is 0.123. The summed E-state index contributed by atoms with van der Waals surface area (Å²) in [5.41, 5.74) is 7.25. The first-order chi connectivity index (χ1) is 11.0. The second-order valence-electron chi connectivity index (χ2n) is 4.78. The van der Waals surface area contributed by atoms with Gasteiger partial charge in [-0.3, -0.25) is 14.6 Å². The highest BCUT2D eigenvalue weighted by Gasteiger charge is 2.02. The summed E-state index contributed by atoms with van der Waals surface area (Å²) in [7, 11) is 0. The number of benzene rings is 2. The van der Waals surface area contributed by atoms with Gasteiger partial charge < -0.3 is 15.8 Å². The number of nitrogens with two attached hydrogens (primary N) is 1. The predicted molar refractivity (Wildman–Crippen MR) is 89.1 cm³/mol. The average molecular weight is 311 g/mol. The van der Waals surface area contributed by atoms with Crippen LogP contribution >= 0.6 is 0 Å². The third kappa shape index (κ3) is 5.28. The second kappa shape index (κ2) is 7.74. The molecule has 6 nitrogen and oxygen atoms in total. The Labute approximate surface area is 134 Å². The van der Waals surface area contributed by atoms with Crippen molar-refractivity contribution in [3.05, 3.63) is 54.1 Å². The molecule has 0 atom stereocenters. The number of hydrogen-bond donors (Lipinski definition) is 2. The Bertz CT molecular complexity index is 724. The van der Waals surface area contributed by atoms with E-state index in [1.807, 2.05) is 12.1 Å². The van der Waals surface area contributed by atoms with Crippen LogP contribution in [0.15, 0.2) is 53.5 Å². The van der Waals surface area contributed by atoms with Gasteiger partial charge in [0.05, 0.1) is 5.69 Å². The molecular formula is C17H17N3O3. The van der Waals surface area contributed by atoms with E-state index in [1.165, 1.54) is 6.92 Å². The summed E-state index contributed by atoms with van der Waals surface area (Å²) in [5, 5.41) is 2.69. The molecule has 0 bridgehead atoms. The molecule has 0 aliphatic rings. The first-order valence-electron chi connectivity index (χ1n) is 6.96. The minimum Gasteiger partial charge on any atom is -0.483 e. The zero-order valence-corrected chi connectivity index (χ0v) is 12.7. The molecule has 0 saturated carbocycles. The highest BCUT2D eigenvalue weighted by Crippen LogP contribution is 2.19. The monoisotopic (exact) mass is 311 g/mol. The minimum atomic E-state index is -0.537. The van der Waals surface area contributed by atoms with Crippen molar-refractivity contribution in [3.63, 3.8) is 0 Å². The van der Waals surface area contributed by atoms with Gasteiger partial charge in [0.15, 0.2) is 6.61 Å². The molecule has 0 aliphatic carbocycles. The topological polar surface area (TPSA) is 93.8 Å². The number of carbonyl (C=O) groups excluding carboxylic acids is 2. The fraction of sp³-hybridized carbons (Fsp3) is 0.118. The van der Waals surface area contributed by atoms with Crippen LogP contribution in [0, 0.1) is 0 Å².